The number of amides is 1. The quantitative estimate of drug-likeness (QED) is 0.540. The van der Waals surface area contributed by atoms with E-state index in [-0.39, 0.29) is 18.2 Å². The average molecular weight is 453 g/mol. The van der Waals surface area contributed by atoms with E-state index in [0.29, 0.717) is 16.7 Å². The van der Waals surface area contributed by atoms with E-state index in [1.54, 1.807) is 24.3 Å². The molecule has 0 aliphatic heterocycles. The highest BCUT2D eigenvalue weighted by molar-refractivity contribution is 9.10. The molecule has 1 heterocycles. The third-order valence-corrected chi connectivity index (χ3v) is 4.31. The zero-order valence-corrected chi connectivity index (χ0v) is 15.3. The fourth-order valence-electron chi connectivity index (χ4n) is 2.07. The summed E-state index contributed by atoms with van der Waals surface area (Å²) in [6, 6.07) is 12.6. The van der Waals surface area contributed by atoms with Crippen LogP contribution in [0, 0.1) is 0 Å². The molecule has 0 bridgehead atoms. The molecule has 6 nitrogen and oxygen atoms in total. The first-order chi connectivity index (χ1) is 11.5. The highest BCUT2D eigenvalue weighted by Gasteiger charge is 2.11. The Hall–Kier alpha value is -2.19. The molecule has 1 amide bonds. The van der Waals surface area contributed by atoms with Crippen LogP contribution in [0.25, 0.3) is 10.9 Å². The topological polar surface area (TPSA) is 87.0 Å². The van der Waals surface area contributed by atoms with Gasteiger partial charge in [0.15, 0.2) is 12.3 Å². The maximum absolute atomic E-state index is 11.8. The number of ether oxygens (including phenoxy) is 1. The summed E-state index contributed by atoms with van der Waals surface area (Å²) in [6.45, 7) is -0.251. The van der Waals surface area contributed by atoms with Gasteiger partial charge in [-0.25, -0.2) is 0 Å². The number of aromatic hydroxyl groups is 1. The molecule has 8 heteroatoms. The Kier molecular flexibility index (Phi) is 4.96. The van der Waals surface area contributed by atoms with Gasteiger partial charge in [0.2, 0.25) is 5.88 Å². The van der Waals surface area contributed by atoms with Gasteiger partial charge in [0.1, 0.15) is 5.75 Å². The lowest BCUT2D eigenvalue weighted by molar-refractivity contribution is -0.120. The van der Waals surface area contributed by atoms with Crippen LogP contribution in [-0.2, 0) is 4.79 Å². The van der Waals surface area contributed by atoms with Crippen molar-refractivity contribution < 1.29 is 14.6 Å². The standard InChI is InChI=1S/C16H11Br2N3O3/c17-9-5-6-12-10(7-9)15(16(23)19-12)21-20-14(22)8-24-13-4-2-1-3-11(13)18/h1-7,19,23H,8H2. The lowest BCUT2D eigenvalue weighted by Crippen LogP contribution is -2.08. The van der Waals surface area contributed by atoms with Gasteiger partial charge in [0, 0.05) is 9.86 Å². The van der Waals surface area contributed by atoms with Crippen LogP contribution in [0.1, 0.15) is 0 Å². The van der Waals surface area contributed by atoms with Gasteiger partial charge < -0.3 is 14.8 Å². The molecule has 0 aliphatic carbocycles. The monoisotopic (exact) mass is 451 g/mol. The number of aromatic amines is 1. The van der Waals surface area contributed by atoms with Gasteiger partial charge >= 0.3 is 5.91 Å². The number of benzene rings is 2. The molecule has 0 radical (unpaired) electrons. The lowest BCUT2D eigenvalue weighted by atomic mass is 10.2. The van der Waals surface area contributed by atoms with Crippen LogP contribution in [0.5, 0.6) is 11.6 Å². The minimum Gasteiger partial charge on any atom is -0.493 e. The number of nitrogens with zero attached hydrogens (tertiary/aromatic N) is 2. The van der Waals surface area contributed by atoms with Crippen LogP contribution in [0.4, 0.5) is 5.69 Å². The van der Waals surface area contributed by atoms with E-state index in [1.165, 1.54) is 0 Å². The number of aromatic nitrogens is 1. The summed E-state index contributed by atoms with van der Waals surface area (Å²) < 4.78 is 6.95. The number of fused-ring (bicyclic) bond motifs is 1. The number of para-hydroxylation sites is 1. The molecule has 0 fully saturated rings. The van der Waals surface area contributed by atoms with Crippen molar-refractivity contribution in [1.29, 1.82) is 0 Å². The first-order valence-corrected chi connectivity index (χ1v) is 8.45. The zero-order valence-electron chi connectivity index (χ0n) is 12.2. The van der Waals surface area contributed by atoms with Crippen molar-refractivity contribution in [3.05, 3.63) is 51.4 Å². The fourth-order valence-corrected chi connectivity index (χ4v) is 2.83. The van der Waals surface area contributed by atoms with Gasteiger partial charge in [-0.15, -0.1) is 10.2 Å². The van der Waals surface area contributed by atoms with E-state index in [1.807, 2.05) is 18.2 Å². The maximum atomic E-state index is 11.8. The molecule has 2 aromatic carbocycles. The van der Waals surface area contributed by atoms with E-state index >= 15 is 0 Å². The molecule has 1 aromatic heterocycles. The van der Waals surface area contributed by atoms with Gasteiger partial charge in [0.05, 0.1) is 9.99 Å². The molecular formula is C16H11Br2N3O3. The van der Waals surface area contributed by atoms with E-state index in [4.69, 9.17) is 4.74 Å². The van der Waals surface area contributed by atoms with Crippen molar-refractivity contribution >= 4 is 54.4 Å². The van der Waals surface area contributed by atoms with Crippen LogP contribution in [0.15, 0.2) is 61.6 Å². The molecule has 0 saturated carbocycles. The minimum absolute atomic E-state index is 0.147. The summed E-state index contributed by atoms with van der Waals surface area (Å²) >= 11 is 6.68. The van der Waals surface area contributed by atoms with Gasteiger partial charge in [-0.2, -0.15) is 0 Å². The number of rotatable bonds is 4. The molecule has 3 aromatic rings. The van der Waals surface area contributed by atoms with Crippen molar-refractivity contribution in [2.75, 3.05) is 6.61 Å². The van der Waals surface area contributed by atoms with Crippen LogP contribution >= 0.6 is 31.9 Å². The summed E-state index contributed by atoms with van der Waals surface area (Å²) in [7, 11) is 0. The number of carbonyl (C=O) groups excluding carboxylic acids is 1. The summed E-state index contributed by atoms with van der Waals surface area (Å²) in [5.74, 6) is -0.166. The lowest BCUT2D eigenvalue weighted by Gasteiger charge is -2.04. The van der Waals surface area contributed by atoms with Crippen LogP contribution in [-0.4, -0.2) is 22.6 Å². The van der Waals surface area contributed by atoms with Crippen molar-refractivity contribution in [3.8, 4) is 11.6 Å². The molecule has 2 N–H and O–H groups in total. The molecule has 0 atom stereocenters. The Balaban J connectivity index is 1.74. The molecule has 0 saturated heterocycles. The molecular weight excluding hydrogens is 442 g/mol. The van der Waals surface area contributed by atoms with Crippen LogP contribution < -0.4 is 4.74 Å². The van der Waals surface area contributed by atoms with Crippen LogP contribution in [0.2, 0.25) is 0 Å². The van der Waals surface area contributed by atoms with Crippen molar-refractivity contribution in [3.63, 3.8) is 0 Å². The van der Waals surface area contributed by atoms with E-state index in [2.05, 4.69) is 47.1 Å². The molecule has 0 unspecified atom stereocenters. The average Bonchev–Trinajstić information content (AvgIpc) is 2.87. The Morgan fingerprint density at radius 2 is 2.00 bits per heavy atom. The van der Waals surface area contributed by atoms with E-state index < -0.39 is 5.91 Å². The first kappa shape index (κ1) is 16.7. The van der Waals surface area contributed by atoms with Gasteiger partial charge in [-0.1, -0.05) is 28.1 Å². The van der Waals surface area contributed by atoms with Gasteiger partial charge in [0.25, 0.3) is 0 Å². The summed E-state index contributed by atoms with van der Waals surface area (Å²) in [5.41, 5.74) is 0.905. The number of nitrogens with one attached hydrogen (secondary N) is 1. The number of H-pyrrole nitrogens is 1. The maximum Gasteiger partial charge on any atom is 0.302 e. The third-order valence-electron chi connectivity index (χ3n) is 3.16. The second-order valence-electron chi connectivity index (χ2n) is 4.82. The molecule has 24 heavy (non-hydrogen) atoms. The minimum atomic E-state index is -0.561. The Morgan fingerprint density at radius 3 is 2.79 bits per heavy atom. The third kappa shape index (κ3) is 3.65. The zero-order chi connectivity index (χ0) is 17.1. The molecule has 3 rings (SSSR count). The van der Waals surface area contributed by atoms with Gasteiger partial charge in [-0.05, 0) is 46.3 Å². The predicted molar refractivity (Wildman–Crippen MR) is 96.8 cm³/mol. The number of azo groups is 1. The summed E-state index contributed by atoms with van der Waals surface area (Å²) in [4.78, 5) is 14.6. The van der Waals surface area contributed by atoms with Gasteiger partial charge in [-0.3, -0.25) is 4.79 Å². The second kappa shape index (κ2) is 7.14. The SMILES string of the molecule is O=C(COc1ccccc1Br)N=Nc1c(O)[nH]c2ccc(Br)cc12. The Bertz CT molecular complexity index is 937. The second-order valence-corrected chi connectivity index (χ2v) is 6.59. The number of carbonyl (C=O) groups is 1. The van der Waals surface area contributed by atoms with Crippen molar-refractivity contribution in [2.45, 2.75) is 0 Å². The number of hydrogen-bond donors (Lipinski definition) is 2. The fraction of sp³-hybridized carbons (Fsp3) is 0.0625. The highest BCUT2D eigenvalue weighted by Crippen LogP contribution is 2.36. The van der Waals surface area contributed by atoms with Crippen molar-refractivity contribution in [1.82, 2.24) is 4.98 Å². The molecule has 0 spiro atoms. The predicted octanol–water partition coefficient (Wildman–Crippen LogP) is 5.09. The smallest absolute Gasteiger partial charge is 0.302 e. The number of halogens is 2. The summed E-state index contributed by atoms with van der Waals surface area (Å²) in [5, 5.41) is 18.0. The normalized spacial score (nSPS) is 11.2. The first-order valence-electron chi connectivity index (χ1n) is 6.86. The number of hydrogen-bond acceptors (Lipinski definition) is 4. The van der Waals surface area contributed by atoms with E-state index in [9.17, 15) is 9.90 Å². The van der Waals surface area contributed by atoms with E-state index in [0.717, 1.165) is 8.95 Å². The Morgan fingerprint density at radius 1 is 1.21 bits per heavy atom. The summed E-state index contributed by atoms with van der Waals surface area (Å²) in [6.07, 6.45) is 0. The van der Waals surface area contributed by atoms with Crippen LogP contribution in [0.3, 0.4) is 0 Å². The molecule has 0 aliphatic rings. The van der Waals surface area contributed by atoms with Crippen molar-refractivity contribution in [2.24, 2.45) is 10.2 Å². The Labute approximate surface area is 153 Å². The largest absolute Gasteiger partial charge is 0.493 e. The highest BCUT2D eigenvalue weighted by atomic mass is 79.9. The molecule has 122 valence electrons.